The van der Waals surface area contributed by atoms with Crippen molar-refractivity contribution >= 4 is 23.7 Å². The second kappa shape index (κ2) is 12.9. The van der Waals surface area contributed by atoms with Crippen molar-refractivity contribution in [2.75, 3.05) is 13.2 Å². The fraction of sp³-hybridized carbons (Fsp3) is 0.462. The lowest BCUT2D eigenvalue weighted by atomic mass is 9.91. The van der Waals surface area contributed by atoms with Gasteiger partial charge in [-0.1, -0.05) is 0 Å². The molecule has 2 aliphatic rings. The Morgan fingerprint density at radius 1 is 1.07 bits per heavy atom. The number of ether oxygens (including phenoxy) is 2. The molecule has 0 aromatic carbocycles. The highest BCUT2D eigenvalue weighted by Gasteiger charge is 2.43. The maximum Gasteiger partial charge on any atom is 0.312 e. The monoisotopic (exact) mass is 613 g/mol. The Labute approximate surface area is 241 Å². The quantitative estimate of drug-likeness (QED) is 0.169. The highest BCUT2D eigenvalue weighted by molar-refractivity contribution is 5.98. The lowest BCUT2D eigenvalue weighted by Crippen LogP contribution is -2.63. The van der Waals surface area contributed by atoms with Crippen molar-refractivity contribution in [2.45, 2.75) is 50.6 Å². The maximum absolute atomic E-state index is 14.6. The van der Waals surface area contributed by atoms with Gasteiger partial charge in [-0.3, -0.25) is 19.2 Å². The van der Waals surface area contributed by atoms with Crippen molar-refractivity contribution in [3.63, 3.8) is 0 Å². The minimum atomic E-state index is -2.11. The van der Waals surface area contributed by atoms with E-state index < -0.39 is 113 Å². The minimum Gasteiger partial charge on any atom is -0.505 e. The van der Waals surface area contributed by atoms with Crippen molar-refractivity contribution in [2.24, 2.45) is 11.8 Å². The Kier molecular flexibility index (Phi) is 9.44. The van der Waals surface area contributed by atoms with Gasteiger partial charge >= 0.3 is 5.97 Å². The smallest absolute Gasteiger partial charge is 0.312 e. The number of cyclic esters (lactones) is 1. The molecular formula is C26H27F4N5O8. The van der Waals surface area contributed by atoms with Gasteiger partial charge in [-0.2, -0.15) is 18.2 Å². The number of aromatic nitrogens is 2. The topological polar surface area (TPSA) is 189 Å². The van der Waals surface area contributed by atoms with Crippen LogP contribution in [0.5, 0.6) is 5.75 Å². The zero-order valence-corrected chi connectivity index (χ0v) is 22.6. The summed E-state index contributed by atoms with van der Waals surface area (Å²) in [6, 6.07) is -2.24. The van der Waals surface area contributed by atoms with E-state index in [4.69, 9.17) is 9.47 Å². The Hall–Kier alpha value is -4.38. The first kappa shape index (κ1) is 31.6. The molecule has 0 radical (unpaired) electrons. The molecule has 0 aliphatic carbocycles. The number of carbonyl (C=O) groups is 4. The number of halogens is 4. The molecule has 4 heterocycles. The van der Waals surface area contributed by atoms with Crippen LogP contribution in [-0.4, -0.2) is 87.4 Å². The van der Waals surface area contributed by atoms with Crippen LogP contribution in [0.2, 0.25) is 0 Å². The molecule has 2 aromatic heterocycles. The summed E-state index contributed by atoms with van der Waals surface area (Å²) in [5.41, 5.74) is -1.64. The molecule has 4 rings (SSSR count). The predicted octanol–water partition coefficient (Wildman–Crippen LogP) is -0.362. The molecule has 3 amide bonds. The molecule has 2 saturated heterocycles. The molecule has 43 heavy (non-hydrogen) atoms. The molecule has 5 N–H and O–H groups in total. The average molecular weight is 614 g/mol. The van der Waals surface area contributed by atoms with Crippen molar-refractivity contribution < 1.29 is 56.4 Å². The maximum atomic E-state index is 14.6. The summed E-state index contributed by atoms with van der Waals surface area (Å²) in [5.74, 6) is -14.8. The minimum absolute atomic E-state index is 0.0423. The highest BCUT2D eigenvalue weighted by Crippen LogP contribution is 2.24. The van der Waals surface area contributed by atoms with Crippen molar-refractivity contribution in [1.82, 2.24) is 25.9 Å². The van der Waals surface area contributed by atoms with E-state index >= 15 is 0 Å². The molecule has 0 saturated carbocycles. The summed E-state index contributed by atoms with van der Waals surface area (Å²) in [5, 5.41) is 28.2. The zero-order valence-electron chi connectivity index (χ0n) is 22.6. The van der Waals surface area contributed by atoms with Gasteiger partial charge in [0, 0.05) is 18.2 Å². The zero-order chi connectivity index (χ0) is 31.6. The number of nitrogens with zero attached hydrogens (tertiary/aromatic N) is 2. The first-order valence-electron chi connectivity index (χ1n) is 13.0. The largest absolute Gasteiger partial charge is 0.505 e. The van der Waals surface area contributed by atoms with Crippen molar-refractivity contribution in [1.29, 1.82) is 0 Å². The van der Waals surface area contributed by atoms with Crippen LogP contribution < -0.4 is 16.0 Å². The van der Waals surface area contributed by atoms with Gasteiger partial charge in [0.1, 0.15) is 11.8 Å². The highest BCUT2D eigenvalue weighted by atomic mass is 19.2. The molecule has 2 fully saturated rings. The van der Waals surface area contributed by atoms with Crippen molar-refractivity contribution in [3.8, 4) is 5.75 Å². The number of nitrogens with one attached hydrogen (secondary N) is 3. The van der Waals surface area contributed by atoms with E-state index in [0.717, 1.165) is 13.0 Å². The predicted molar refractivity (Wildman–Crippen MR) is 134 cm³/mol. The molecule has 17 heteroatoms. The van der Waals surface area contributed by atoms with Gasteiger partial charge in [-0.05, 0) is 26.0 Å². The summed E-state index contributed by atoms with van der Waals surface area (Å²) >= 11 is 0. The number of amides is 3. The second-order valence-corrected chi connectivity index (χ2v) is 10.2. The number of esters is 1. The fourth-order valence-electron chi connectivity index (χ4n) is 4.54. The molecule has 2 aromatic rings. The number of aliphatic hydroxyl groups excluding tert-OH is 1. The Morgan fingerprint density at radius 2 is 1.77 bits per heavy atom. The van der Waals surface area contributed by atoms with Crippen LogP contribution in [0.4, 0.5) is 17.6 Å². The normalized spacial score (nSPS) is 27.1. The summed E-state index contributed by atoms with van der Waals surface area (Å²) in [7, 11) is 0. The SMILES string of the molecule is C[C@H]1NC(=O)C(C2COC2)OC(=O)[C@H](C)[C@H](O)[C@H](Cc2c(F)nc(F)c(F)c2F)NC(=O)[C@H]1NC(=O)c1ncccc1O. The van der Waals surface area contributed by atoms with E-state index in [1.54, 1.807) is 0 Å². The van der Waals surface area contributed by atoms with Crippen LogP contribution in [0.15, 0.2) is 18.3 Å². The van der Waals surface area contributed by atoms with Crippen LogP contribution >= 0.6 is 0 Å². The Balaban J connectivity index is 1.73. The van der Waals surface area contributed by atoms with Gasteiger partial charge in [-0.15, -0.1) is 0 Å². The number of aromatic hydroxyl groups is 1. The number of carbonyl (C=O) groups excluding carboxylic acids is 4. The lowest BCUT2D eigenvalue weighted by molar-refractivity contribution is -0.178. The lowest BCUT2D eigenvalue weighted by Gasteiger charge is -2.36. The van der Waals surface area contributed by atoms with Gasteiger partial charge < -0.3 is 35.6 Å². The van der Waals surface area contributed by atoms with Crippen molar-refractivity contribution in [3.05, 3.63) is 53.1 Å². The summed E-state index contributed by atoms with van der Waals surface area (Å²) in [6.07, 6.45) is -3.27. The molecule has 0 bridgehead atoms. The third kappa shape index (κ3) is 6.67. The molecule has 0 spiro atoms. The standard InChI is InChI=1S/C26H27F4N5O8/c1-9-19(37)13(6-12-15(27)16(28)22(30)35-21(12)29)33-23(38)17(34-24(39)18-14(36)4-3-5-31-18)10(2)32-25(40)20(43-26(9)41)11-7-42-8-11/h3-5,9-11,13,17,19-20,36-37H,6-8H2,1-2H3,(H,32,40)(H,33,38)(H,34,39)/t9-,10-,13+,17+,19+,20?/m1/s1. The molecule has 6 atom stereocenters. The first-order chi connectivity index (χ1) is 20.3. The van der Waals surface area contributed by atoms with Crippen LogP contribution in [0.1, 0.15) is 29.9 Å². The summed E-state index contributed by atoms with van der Waals surface area (Å²) < 4.78 is 66.9. The average Bonchev–Trinajstić information content (AvgIpc) is 2.93. The second-order valence-electron chi connectivity index (χ2n) is 10.2. The van der Waals surface area contributed by atoms with Crippen LogP contribution in [0.25, 0.3) is 0 Å². The molecule has 13 nitrogen and oxygen atoms in total. The summed E-state index contributed by atoms with van der Waals surface area (Å²) in [6.45, 7) is 2.53. The van der Waals surface area contributed by atoms with E-state index in [0.29, 0.717) is 0 Å². The fourth-order valence-corrected chi connectivity index (χ4v) is 4.54. The van der Waals surface area contributed by atoms with Gasteiger partial charge in [0.2, 0.25) is 17.7 Å². The van der Waals surface area contributed by atoms with Crippen LogP contribution in [0, 0.1) is 35.4 Å². The van der Waals surface area contributed by atoms with Gasteiger partial charge in [0.25, 0.3) is 17.8 Å². The number of rotatable bonds is 5. The Morgan fingerprint density at radius 3 is 2.40 bits per heavy atom. The van der Waals surface area contributed by atoms with E-state index in [1.165, 1.54) is 19.2 Å². The number of hydrogen-bond donors (Lipinski definition) is 5. The third-order valence-electron chi connectivity index (χ3n) is 7.17. The van der Waals surface area contributed by atoms with E-state index in [-0.39, 0.29) is 13.2 Å². The summed E-state index contributed by atoms with van der Waals surface area (Å²) in [4.78, 5) is 59.0. The molecule has 1 unspecified atom stereocenters. The van der Waals surface area contributed by atoms with Crippen LogP contribution in [0.3, 0.4) is 0 Å². The Bertz CT molecular complexity index is 1430. The third-order valence-corrected chi connectivity index (χ3v) is 7.17. The molecular weight excluding hydrogens is 586 g/mol. The first-order valence-corrected chi connectivity index (χ1v) is 13.0. The van der Waals surface area contributed by atoms with Crippen LogP contribution in [-0.2, 0) is 30.3 Å². The number of hydrogen-bond acceptors (Lipinski definition) is 10. The van der Waals surface area contributed by atoms with Gasteiger partial charge in [-0.25, -0.2) is 9.37 Å². The molecule has 232 valence electrons. The van der Waals surface area contributed by atoms with E-state index in [1.807, 2.05) is 0 Å². The number of pyridine rings is 2. The van der Waals surface area contributed by atoms with E-state index in [9.17, 15) is 47.0 Å². The van der Waals surface area contributed by atoms with Gasteiger partial charge in [0.15, 0.2) is 17.6 Å². The number of aliphatic hydroxyl groups is 1. The van der Waals surface area contributed by atoms with E-state index in [2.05, 4.69) is 25.9 Å². The molecule has 2 aliphatic heterocycles. The van der Waals surface area contributed by atoms with Gasteiger partial charge in [0.05, 0.1) is 43.2 Å².